The van der Waals surface area contributed by atoms with Gasteiger partial charge in [-0.1, -0.05) is 13.8 Å². The van der Waals surface area contributed by atoms with Crippen molar-refractivity contribution in [1.29, 1.82) is 0 Å². The van der Waals surface area contributed by atoms with E-state index in [1.807, 2.05) is 0 Å². The molecule has 2 rings (SSSR count). The van der Waals surface area contributed by atoms with Crippen LogP contribution in [0.4, 0.5) is 0 Å². The van der Waals surface area contributed by atoms with Gasteiger partial charge in [0.05, 0.1) is 18.8 Å². The normalized spacial score (nSPS) is 43.0. The Balaban J connectivity index is 2.08. The molecule has 6 atom stereocenters. The molecule has 0 radical (unpaired) electrons. The van der Waals surface area contributed by atoms with Gasteiger partial charge in [0.25, 0.3) is 0 Å². The van der Waals surface area contributed by atoms with E-state index in [1.54, 1.807) is 0 Å². The molecule has 3 heteroatoms. The molecule has 3 nitrogen and oxygen atoms in total. The average molecular weight is 255 g/mol. The highest BCUT2D eigenvalue weighted by atomic mass is 16.5. The molecule has 0 aromatic heterocycles. The summed E-state index contributed by atoms with van der Waals surface area (Å²) in [5.41, 5.74) is 0. The summed E-state index contributed by atoms with van der Waals surface area (Å²) >= 11 is 0. The molecule has 2 aliphatic rings. The van der Waals surface area contributed by atoms with E-state index in [-0.39, 0.29) is 0 Å². The fraction of sp³-hybridized carbons (Fsp3) is 1.00. The van der Waals surface area contributed by atoms with E-state index in [2.05, 4.69) is 33.0 Å². The van der Waals surface area contributed by atoms with Crippen LogP contribution in [0.3, 0.4) is 0 Å². The van der Waals surface area contributed by atoms with Crippen LogP contribution in [0.1, 0.15) is 40.5 Å². The van der Waals surface area contributed by atoms with Crippen LogP contribution in [-0.4, -0.2) is 38.0 Å². The quantitative estimate of drug-likeness (QED) is 0.837. The summed E-state index contributed by atoms with van der Waals surface area (Å²) in [7, 11) is 0. The molecule has 0 aliphatic carbocycles. The average Bonchev–Trinajstić information content (AvgIpc) is 2.62. The number of hydrogen-bond donors (Lipinski definition) is 1. The molecule has 0 amide bonds. The van der Waals surface area contributed by atoms with Gasteiger partial charge < -0.3 is 14.8 Å². The molecule has 0 aromatic carbocycles. The standard InChI is InChI=1S/C15H29NO2/c1-5-16-15(13-7-6-8-17-9-13)14-10(2)11(3)18-12(14)4/h10-16H,5-9H2,1-4H3. The van der Waals surface area contributed by atoms with Crippen molar-refractivity contribution >= 4 is 0 Å². The Hall–Kier alpha value is -0.120. The summed E-state index contributed by atoms with van der Waals surface area (Å²) in [6, 6.07) is 0.547. The van der Waals surface area contributed by atoms with Gasteiger partial charge in [-0.25, -0.2) is 0 Å². The van der Waals surface area contributed by atoms with Gasteiger partial charge >= 0.3 is 0 Å². The van der Waals surface area contributed by atoms with Crippen LogP contribution in [0.15, 0.2) is 0 Å². The van der Waals surface area contributed by atoms with Crippen molar-refractivity contribution in [1.82, 2.24) is 5.32 Å². The summed E-state index contributed by atoms with van der Waals surface area (Å²) < 4.78 is 11.7. The first-order valence-electron chi connectivity index (χ1n) is 7.61. The minimum atomic E-state index is 0.362. The maximum Gasteiger partial charge on any atom is 0.0597 e. The maximum atomic E-state index is 6.02. The summed E-state index contributed by atoms with van der Waals surface area (Å²) in [6.07, 6.45) is 3.25. The third-order valence-electron chi connectivity index (χ3n) is 4.88. The molecule has 2 fully saturated rings. The van der Waals surface area contributed by atoms with Crippen LogP contribution >= 0.6 is 0 Å². The Morgan fingerprint density at radius 3 is 2.50 bits per heavy atom. The zero-order valence-electron chi connectivity index (χ0n) is 12.3. The fourth-order valence-electron chi connectivity index (χ4n) is 3.81. The second-order valence-electron chi connectivity index (χ2n) is 6.04. The SMILES string of the molecule is CCNC(C1CCCOC1)C1C(C)OC(C)C1C. The lowest BCUT2D eigenvalue weighted by Gasteiger charge is -2.37. The molecule has 2 aliphatic heterocycles. The van der Waals surface area contributed by atoms with E-state index in [0.717, 1.165) is 19.8 Å². The van der Waals surface area contributed by atoms with Gasteiger partial charge in [-0.3, -0.25) is 0 Å². The Morgan fingerprint density at radius 2 is 2.00 bits per heavy atom. The molecule has 6 unspecified atom stereocenters. The topological polar surface area (TPSA) is 30.5 Å². The smallest absolute Gasteiger partial charge is 0.0597 e. The van der Waals surface area contributed by atoms with Crippen LogP contribution in [-0.2, 0) is 9.47 Å². The third kappa shape index (κ3) is 2.89. The van der Waals surface area contributed by atoms with Crippen molar-refractivity contribution in [2.45, 2.75) is 58.8 Å². The molecule has 106 valence electrons. The fourth-order valence-corrected chi connectivity index (χ4v) is 3.81. The van der Waals surface area contributed by atoms with Crippen LogP contribution < -0.4 is 5.32 Å². The summed E-state index contributed by atoms with van der Waals surface area (Å²) in [5.74, 6) is 1.90. The van der Waals surface area contributed by atoms with E-state index in [0.29, 0.717) is 36.0 Å². The van der Waals surface area contributed by atoms with Crippen LogP contribution in [0.25, 0.3) is 0 Å². The Morgan fingerprint density at radius 1 is 1.22 bits per heavy atom. The van der Waals surface area contributed by atoms with Crippen molar-refractivity contribution in [2.75, 3.05) is 19.8 Å². The second kappa shape index (κ2) is 6.36. The lowest BCUT2D eigenvalue weighted by atomic mass is 9.76. The zero-order valence-corrected chi connectivity index (χ0v) is 12.3. The minimum absolute atomic E-state index is 0.362. The zero-order chi connectivity index (χ0) is 13.1. The summed E-state index contributed by atoms with van der Waals surface area (Å²) in [6.45, 7) is 11.9. The molecule has 0 spiro atoms. The monoisotopic (exact) mass is 255 g/mol. The first kappa shape index (κ1) is 14.3. The van der Waals surface area contributed by atoms with Crippen molar-refractivity contribution in [3.8, 4) is 0 Å². The largest absolute Gasteiger partial charge is 0.381 e. The third-order valence-corrected chi connectivity index (χ3v) is 4.88. The predicted octanol–water partition coefficient (Wildman–Crippen LogP) is 2.45. The van der Waals surface area contributed by atoms with Crippen LogP contribution in [0.2, 0.25) is 0 Å². The Labute approximate surface area is 112 Å². The van der Waals surface area contributed by atoms with Gasteiger partial charge in [0.1, 0.15) is 0 Å². The Kier molecular flexibility index (Phi) is 5.05. The van der Waals surface area contributed by atoms with E-state index in [9.17, 15) is 0 Å². The summed E-state index contributed by atoms with van der Waals surface area (Å²) in [4.78, 5) is 0. The van der Waals surface area contributed by atoms with E-state index in [1.165, 1.54) is 12.8 Å². The number of rotatable bonds is 4. The minimum Gasteiger partial charge on any atom is -0.381 e. The predicted molar refractivity (Wildman–Crippen MR) is 73.7 cm³/mol. The first-order valence-corrected chi connectivity index (χ1v) is 7.61. The van der Waals surface area contributed by atoms with Crippen LogP contribution in [0, 0.1) is 17.8 Å². The van der Waals surface area contributed by atoms with E-state index >= 15 is 0 Å². The van der Waals surface area contributed by atoms with Gasteiger partial charge in [-0.05, 0) is 45.1 Å². The number of nitrogens with one attached hydrogen (secondary N) is 1. The first-order chi connectivity index (χ1) is 8.65. The maximum absolute atomic E-state index is 6.02. The molecular weight excluding hydrogens is 226 g/mol. The number of hydrogen-bond acceptors (Lipinski definition) is 3. The molecule has 2 heterocycles. The molecule has 0 bridgehead atoms. The van der Waals surface area contributed by atoms with Crippen molar-refractivity contribution in [3.63, 3.8) is 0 Å². The van der Waals surface area contributed by atoms with Gasteiger partial charge in [-0.2, -0.15) is 0 Å². The molecule has 0 aromatic rings. The van der Waals surface area contributed by atoms with Crippen LogP contribution in [0.5, 0.6) is 0 Å². The highest BCUT2D eigenvalue weighted by Crippen LogP contribution is 2.38. The summed E-state index contributed by atoms with van der Waals surface area (Å²) in [5, 5.41) is 3.72. The van der Waals surface area contributed by atoms with Crippen molar-refractivity contribution in [2.24, 2.45) is 17.8 Å². The van der Waals surface area contributed by atoms with Crippen molar-refractivity contribution < 1.29 is 9.47 Å². The molecule has 18 heavy (non-hydrogen) atoms. The highest BCUT2D eigenvalue weighted by molar-refractivity contribution is 4.95. The second-order valence-corrected chi connectivity index (χ2v) is 6.04. The number of ether oxygens (including phenoxy) is 2. The Bertz CT molecular complexity index is 253. The van der Waals surface area contributed by atoms with Gasteiger partial charge in [-0.15, -0.1) is 0 Å². The lowest BCUT2D eigenvalue weighted by Crippen LogP contribution is -2.49. The highest BCUT2D eigenvalue weighted by Gasteiger charge is 2.44. The molecular formula is C15H29NO2. The molecule has 2 saturated heterocycles. The van der Waals surface area contributed by atoms with Crippen molar-refractivity contribution in [3.05, 3.63) is 0 Å². The van der Waals surface area contributed by atoms with Gasteiger partial charge in [0.2, 0.25) is 0 Å². The molecule has 1 N–H and O–H groups in total. The van der Waals surface area contributed by atoms with Gasteiger partial charge in [0, 0.05) is 18.6 Å². The van der Waals surface area contributed by atoms with Gasteiger partial charge in [0.15, 0.2) is 0 Å². The molecule has 0 saturated carbocycles. The lowest BCUT2D eigenvalue weighted by molar-refractivity contribution is 0.0114. The van der Waals surface area contributed by atoms with E-state index < -0.39 is 0 Å². The van der Waals surface area contributed by atoms with E-state index in [4.69, 9.17) is 9.47 Å².